The van der Waals surface area contributed by atoms with Gasteiger partial charge in [0.05, 0.1) is 5.69 Å². The molecule has 0 aliphatic rings. The molecule has 7 heteroatoms. The molecule has 0 fully saturated rings. The average Bonchev–Trinajstić information content (AvgIpc) is 2.59. The Morgan fingerprint density at radius 3 is 2.33 bits per heavy atom. The average molecular weight is 339 g/mol. The van der Waals surface area contributed by atoms with Crippen LogP contribution in [0.5, 0.6) is 0 Å². The van der Waals surface area contributed by atoms with Gasteiger partial charge in [-0.25, -0.2) is 9.97 Å². The van der Waals surface area contributed by atoms with Crippen LogP contribution in [-0.4, -0.2) is 14.4 Å². The van der Waals surface area contributed by atoms with Gasteiger partial charge in [-0.3, -0.25) is 4.40 Å². The second-order valence-corrected chi connectivity index (χ2v) is 6.20. The highest BCUT2D eigenvalue weighted by atomic mass is 79.9. The highest BCUT2D eigenvalue weighted by Crippen LogP contribution is 2.33. The van der Waals surface area contributed by atoms with Crippen LogP contribution in [0, 0.1) is 0 Å². The summed E-state index contributed by atoms with van der Waals surface area (Å²) in [6.07, 6.45) is 1.77. The minimum atomic E-state index is -3.50. The van der Waals surface area contributed by atoms with Gasteiger partial charge >= 0.3 is 5.38 Å². The maximum atomic E-state index is 13.0. The van der Waals surface area contributed by atoms with Crippen molar-refractivity contribution in [1.82, 2.24) is 14.4 Å². The molecule has 2 aromatic heterocycles. The summed E-state index contributed by atoms with van der Waals surface area (Å²) in [6, 6.07) is 1.19. The van der Waals surface area contributed by atoms with Crippen molar-refractivity contribution >= 4 is 33.2 Å². The summed E-state index contributed by atoms with van der Waals surface area (Å²) < 4.78 is 27.9. The van der Waals surface area contributed by atoms with Crippen LogP contribution < -0.4 is 0 Å². The lowest BCUT2D eigenvalue weighted by molar-refractivity contribution is 0.0897. The van der Waals surface area contributed by atoms with Crippen LogP contribution in [0.3, 0.4) is 0 Å². The van der Waals surface area contributed by atoms with E-state index in [1.165, 1.54) is 6.07 Å². The Morgan fingerprint density at radius 1 is 1.22 bits per heavy atom. The summed E-state index contributed by atoms with van der Waals surface area (Å²) in [5, 5.41) is -3.50. The van der Waals surface area contributed by atoms with Crippen LogP contribution in [0.25, 0.3) is 5.65 Å². The van der Waals surface area contributed by atoms with E-state index in [1.54, 1.807) is 10.6 Å². The van der Waals surface area contributed by atoms with Crippen molar-refractivity contribution in [2.75, 3.05) is 0 Å². The van der Waals surface area contributed by atoms with Crippen molar-refractivity contribution in [1.29, 1.82) is 0 Å². The van der Waals surface area contributed by atoms with Crippen molar-refractivity contribution in [3.05, 3.63) is 28.4 Å². The summed E-state index contributed by atoms with van der Waals surface area (Å²) in [5.41, 5.74) is 0.488. The maximum absolute atomic E-state index is 13.0. The third kappa shape index (κ3) is 2.49. The van der Waals surface area contributed by atoms with Gasteiger partial charge in [0, 0.05) is 17.7 Å². The Bertz CT molecular complexity index is 599. The van der Waals surface area contributed by atoms with Gasteiger partial charge in [0.25, 0.3) is 0 Å². The summed E-state index contributed by atoms with van der Waals surface area (Å²) in [6.45, 7) is 5.98. The normalized spacial score (nSPS) is 13.3. The minimum absolute atomic E-state index is 0.172. The van der Waals surface area contributed by atoms with Gasteiger partial charge in [-0.15, -0.1) is 0 Å². The van der Waals surface area contributed by atoms with Crippen LogP contribution in [0.1, 0.15) is 32.2 Å². The number of rotatable bonds is 1. The van der Waals surface area contributed by atoms with Gasteiger partial charge in [-0.05, 0) is 27.5 Å². The number of halogens is 4. The first-order chi connectivity index (χ1) is 8.09. The number of fused-ring (bicyclic) bond motifs is 1. The van der Waals surface area contributed by atoms with E-state index in [1.807, 2.05) is 20.8 Å². The van der Waals surface area contributed by atoms with Gasteiger partial charge in [0.2, 0.25) is 0 Å². The smallest absolute Gasteiger partial charge is 0.278 e. The van der Waals surface area contributed by atoms with Crippen LogP contribution in [0.15, 0.2) is 17.0 Å². The standard InChI is InChI=1S/C11H11BrClF2N3/c1-10(2,3)7-5-18-8(16-7)4-6(11(13,14)15)17-9(18)12/h4-5H,1-3H3. The molecule has 0 amide bonds. The highest BCUT2D eigenvalue weighted by molar-refractivity contribution is 9.10. The lowest BCUT2D eigenvalue weighted by atomic mass is 9.93. The molecular formula is C11H11BrClF2N3. The van der Waals surface area contributed by atoms with Crippen molar-refractivity contribution in [2.24, 2.45) is 0 Å². The van der Waals surface area contributed by atoms with E-state index in [4.69, 9.17) is 11.6 Å². The molecule has 0 spiro atoms. The van der Waals surface area contributed by atoms with Crippen LogP contribution in [-0.2, 0) is 10.8 Å². The van der Waals surface area contributed by atoms with E-state index < -0.39 is 11.1 Å². The Balaban J connectivity index is 2.67. The maximum Gasteiger partial charge on any atom is 0.365 e. The van der Waals surface area contributed by atoms with Crippen LogP contribution in [0.4, 0.5) is 8.78 Å². The molecule has 0 bridgehead atoms. The molecule has 0 aliphatic heterocycles. The van der Waals surface area contributed by atoms with E-state index in [0.717, 1.165) is 5.69 Å². The Kier molecular flexibility index (Phi) is 3.14. The van der Waals surface area contributed by atoms with Gasteiger partial charge in [-0.2, -0.15) is 8.78 Å². The molecule has 0 atom stereocenters. The molecule has 18 heavy (non-hydrogen) atoms. The second kappa shape index (κ2) is 4.13. The quantitative estimate of drug-likeness (QED) is 0.579. The molecule has 2 heterocycles. The van der Waals surface area contributed by atoms with Gasteiger partial charge < -0.3 is 0 Å². The summed E-state index contributed by atoms with van der Waals surface area (Å²) in [4.78, 5) is 8.05. The van der Waals surface area contributed by atoms with E-state index in [-0.39, 0.29) is 10.1 Å². The van der Waals surface area contributed by atoms with Crippen molar-refractivity contribution < 1.29 is 8.78 Å². The molecule has 0 aromatic carbocycles. The van der Waals surface area contributed by atoms with E-state index in [0.29, 0.717) is 5.65 Å². The number of nitrogens with zero attached hydrogens (tertiary/aromatic N) is 3. The number of hydrogen-bond acceptors (Lipinski definition) is 2. The fourth-order valence-electron chi connectivity index (χ4n) is 1.46. The molecule has 2 aromatic rings. The molecule has 3 nitrogen and oxygen atoms in total. The van der Waals surface area contributed by atoms with Gasteiger partial charge in [0.15, 0.2) is 4.73 Å². The summed E-state index contributed by atoms with van der Waals surface area (Å²) >= 11 is 8.11. The predicted molar refractivity (Wildman–Crippen MR) is 69.1 cm³/mol. The zero-order valence-electron chi connectivity index (χ0n) is 10.0. The zero-order valence-corrected chi connectivity index (χ0v) is 12.4. The van der Waals surface area contributed by atoms with Crippen LogP contribution >= 0.6 is 27.5 Å². The Morgan fingerprint density at radius 2 is 1.83 bits per heavy atom. The molecule has 0 saturated carbocycles. The molecular weight excluding hydrogens is 327 g/mol. The van der Waals surface area contributed by atoms with Crippen molar-refractivity contribution in [2.45, 2.75) is 31.6 Å². The molecule has 0 N–H and O–H groups in total. The second-order valence-electron chi connectivity index (χ2n) is 5.01. The third-order valence-electron chi connectivity index (χ3n) is 2.47. The first kappa shape index (κ1) is 13.7. The fourth-order valence-corrected chi connectivity index (χ4v) is 2.03. The third-order valence-corrected chi connectivity index (χ3v) is 3.22. The molecule has 0 radical (unpaired) electrons. The highest BCUT2D eigenvalue weighted by Gasteiger charge is 2.31. The van der Waals surface area contributed by atoms with Crippen molar-refractivity contribution in [3.63, 3.8) is 0 Å². The number of alkyl halides is 3. The van der Waals surface area contributed by atoms with Crippen LogP contribution in [0.2, 0.25) is 0 Å². The molecule has 2 rings (SSSR count). The minimum Gasteiger partial charge on any atom is -0.278 e. The van der Waals surface area contributed by atoms with Gasteiger partial charge in [0.1, 0.15) is 11.3 Å². The first-order valence-electron chi connectivity index (χ1n) is 5.22. The Hall–Kier alpha value is -0.750. The molecule has 98 valence electrons. The summed E-state index contributed by atoms with van der Waals surface area (Å²) in [7, 11) is 0. The topological polar surface area (TPSA) is 30.2 Å². The van der Waals surface area contributed by atoms with Gasteiger partial charge in [-0.1, -0.05) is 20.8 Å². The van der Waals surface area contributed by atoms with Crippen molar-refractivity contribution in [3.8, 4) is 0 Å². The first-order valence-corrected chi connectivity index (χ1v) is 6.39. The zero-order chi connectivity index (χ0) is 13.7. The lowest BCUT2D eigenvalue weighted by Gasteiger charge is -2.13. The predicted octanol–water partition coefficient (Wildman–Crippen LogP) is 4.08. The number of aromatic nitrogens is 3. The molecule has 0 unspecified atom stereocenters. The molecule has 0 aliphatic carbocycles. The number of hydrogen-bond donors (Lipinski definition) is 0. The SMILES string of the molecule is CC(C)(C)c1cn2c(Br)nc(C(F)(F)Cl)cc2n1. The van der Waals surface area contributed by atoms with E-state index >= 15 is 0 Å². The fraction of sp³-hybridized carbons (Fsp3) is 0.455. The summed E-state index contributed by atoms with van der Waals surface area (Å²) in [5.74, 6) is 0. The van der Waals surface area contributed by atoms with E-state index in [9.17, 15) is 8.78 Å². The molecule has 0 saturated heterocycles. The monoisotopic (exact) mass is 337 g/mol. The number of imidazole rings is 1. The largest absolute Gasteiger partial charge is 0.365 e. The van der Waals surface area contributed by atoms with E-state index in [2.05, 4.69) is 25.9 Å². The lowest BCUT2D eigenvalue weighted by Crippen LogP contribution is -2.11. The Labute approximate surface area is 116 Å².